The lowest BCUT2D eigenvalue weighted by Gasteiger charge is -2.13. The lowest BCUT2D eigenvalue weighted by Crippen LogP contribution is -2.32. The highest BCUT2D eigenvalue weighted by molar-refractivity contribution is 6.04. The number of amides is 4. The van der Waals surface area contributed by atoms with Crippen LogP contribution in [0.2, 0.25) is 0 Å². The van der Waals surface area contributed by atoms with E-state index in [-0.39, 0.29) is 18.2 Å². The zero-order chi connectivity index (χ0) is 13.7. The van der Waals surface area contributed by atoms with Gasteiger partial charge in [0.15, 0.2) is 0 Å². The Morgan fingerprint density at radius 3 is 2.84 bits per heavy atom. The van der Waals surface area contributed by atoms with E-state index in [1.807, 2.05) is 0 Å². The van der Waals surface area contributed by atoms with Crippen molar-refractivity contribution in [3.05, 3.63) is 11.6 Å². The minimum Gasteiger partial charge on any atom is -0.352 e. The molecule has 0 saturated carbocycles. The SMILES string of the molecule is O=C(CC[C@H]1NC(=O)NC1=O)NCC1=CCCCC1. The van der Waals surface area contributed by atoms with Crippen LogP contribution in [0.25, 0.3) is 0 Å². The standard InChI is InChI=1S/C13H19N3O3/c17-11(14-8-9-4-2-1-3-5-9)7-6-10-12(18)16-13(19)15-10/h4,10H,1-3,5-8H2,(H,14,17)(H2,15,16,18,19)/t10-/m1/s1. The number of imide groups is 1. The fraction of sp³-hybridized carbons (Fsp3) is 0.615. The molecule has 1 heterocycles. The molecule has 6 heteroatoms. The van der Waals surface area contributed by atoms with Crippen molar-refractivity contribution in [3.63, 3.8) is 0 Å². The first-order valence-electron chi connectivity index (χ1n) is 6.71. The summed E-state index contributed by atoms with van der Waals surface area (Å²) in [5.41, 5.74) is 1.28. The second-order valence-electron chi connectivity index (χ2n) is 4.94. The largest absolute Gasteiger partial charge is 0.352 e. The van der Waals surface area contributed by atoms with Crippen LogP contribution in [-0.4, -0.2) is 30.4 Å². The second-order valence-corrected chi connectivity index (χ2v) is 4.94. The highest BCUT2D eigenvalue weighted by Gasteiger charge is 2.29. The monoisotopic (exact) mass is 265 g/mol. The summed E-state index contributed by atoms with van der Waals surface area (Å²) in [4.78, 5) is 33.8. The average Bonchev–Trinajstić information content (AvgIpc) is 2.73. The Labute approximate surface area is 112 Å². The quantitative estimate of drug-likeness (QED) is 0.502. The summed E-state index contributed by atoms with van der Waals surface area (Å²) < 4.78 is 0. The van der Waals surface area contributed by atoms with Crippen molar-refractivity contribution in [2.45, 2.75) is 44.6 Å². The summed E-state index contributed by atoms with van der Waals surface area (Å²) in [5, 5.41) is 7.47. The van der Waals surface area contributed by atoms with Gasteiger partial charge in [-0.05, 0) is 32.1 Å². The maximum Gasteiger partial charge on any atom is 0.322 e. The van der Waals surface area contributed by atoms with Crippen molar-refractivity contribution in [2.24, 2.45) is 0 Å². The van der Waals surface area contributed by atoms with Gasteiger partial charge in [0.2, 0.25) is 5.91 Å². The van der Waals surface area contributed by atoms with Crippen molar-refractivity contribution in [2.75, 3.05) is 6.54 Å². The fourth-order valence-electron chi connectivity index (χ4n) is 2.30. The van der Waals surface area contributed by atoms with Crippen molar-refractivity contribution in [1.82, 2.24) is 16.0 Å². The maximum absolute atomic E-state index is 11.6. The van der Waals surface area contributed by atoms with Gasteiger partial charge in [-0.2, -0.15) is 0 Å². The van der Waals surface area contributed by atoms with Gasteiger partial charge in [0.1, 0.15) is 6.04 Å². The van der Waals surface area contributed by atoms with Crippen LogP contribution in [0.5, 0.6) is 0 Å². The van der Waals surface area contributed by atoms with Crippen LogP contribution in [0.15, 0.2) is 11.6 Å². The number of carbonyl (C=O) groups excluding carboxylic acids is 3. The molecule has 1 fully saturated rings. The number of urea groups is 1. The molecule has 1 aliphatic heterocycles. The first kappa shape index (κ1) is 13.6. The predicted octanol–water partition coefficient (Wildman–Crippen LogP) is 0.591. The van der Waals surface area contributed by atoms with Gasteiger partial charge >= 0.3 is 6.03 Å². The van der Waals surface area contributed by atoms with E-state index in [1.54, 1.807) is 0 Å². The molecule has 0 radical (unpaired) electrons. The summed E-state index contributed by atoms with van der Waals surface area (Å²) in [7, 11) is 0. The van der Waals surface area contributed by atoms with Crippen molar-refractivity contribution in [1.29, 1.82) is 0 Å². The molecule has 2 rings (SSSR count). The Hall–Kier alpha value is -1.85. The third-order valence-corrected chi connectivity index (χ3v) is 3.42. The number of hydrogen-bond acceptors (Lipinski definition) is 3. The Morgan fingerprint density at radius 2 is 2.21 bits per heavy atom. The van der Waals surface area contributed by atoms with Gasteiger partial charge in [-0.25, -0.2) is 4.79 Å². The van der Waals surface area contributed by atoms with Gasteiger partial charge in [-0.1, -0.05) is 11.6 Å². The normalized spacial score (nSPS) is 22.5. The van der Waals surface area contributed by atoms with E-state index in [9.17, 15) is 14.4 Å². The summed E-state index contributed by atoms with van der Waals surface area (Å²) in [6, 6.07) is -1.06. The van der Waals surface area contributed by atoms with Gasteiger partial charge in [0, 0.05) is 13.0 Å². The van der Waals surface area contributed by atoms with Gasteiger partial charge in [-0.15, -0.1) is 0 Å². The first-order valence-corrected chi connectivity index (χ1v) is 6.71. The smallest absolute Gasteiger partial charge is 0.322 e. The Bertz CT molecular complexity index is 417. The highest BCUT2D eigenvalue weighted by atomic mass is 16.2. The van der Waals surface area contributed by atoms with E-state index in [0.29, 0.717) is 13.0 Å². The number of allylic oxidation sites excluding steroid dienone is 1. The van der Waals surface area contributed by atoms with Crippen LogP contribution in [0, 0.1) is 0 Å². The maximum atomic E-state index is 11.6. The Morgan fingerprint density at radius 1 is 1.37 bits per heavy atom. The third-order valence-electron chi connectivity index (χ3n) is 3.42. The van der Waals surface area contributed by atoms with E-state index in [4.69, 9.17) is 0 Å². The van der Waals surface area contributed by atoms with Crippen LogP contribution in [0.4, 0.5) is 4.79 Å². The van der Waals surface area contributed by atoms with Crippen LogP contribution in [0.3, 0.4) is 0 Å². The second kappa shape index (κ2) is 6.36. The summed E-state index contributed by atoms with van der Waals surface area (Å²) in [5.74, 6) is -0.437. The van der Waals surface area contributed by atoms with Gasteiger partial charge in [0.05, 0.1) is 0 Å². The number of hydrogen-bond donors (Lipinski definition) is 3. The molecular formula is C13H19N3O3. The molecular weight excluding hydrogens is 246 g/mol. The number of rotatable bonds is 5. The molecule has 0 spiro atoms. The van der Waals surface area contributed by atoms with Crippen molar-refractivity contribution >= 4 is 17.8 Å². The molecule has 0 aromatic rings. The van der Waals surface area contributed by atoms with Crippen molar-refractivity contribution < 1.29 is 14.4 Å². The average molecular weight is 265 g/mol. The fourth-order valence-corrected chi connectivity index (χ4v) is 2.30. The molecule has 19 heavy (non-hydrogen) atoms. The van der Waals surface area contributed by atoms with Gasteiger partial charge in [0.25, 0.3) is 5.91 Å². The van der Waals surface area contributed by atoms with Gasteiger partial charge in [-0.3, -0.25) is 14.9 Å². The first-order chi connectivity index (χ1) is 9.15. The molecule has 3 N–H and O–H groups in total. The molecule has 0 aromatic heterocycles. The van der Waals surface area contributed by atoms with E-state index < -0.39 is 12.1 Å². The minimum absolute atomic E-state index is 0.0829. The molecule has 104 valence electrons. The van der Waals surface area contributed by atoms with E-state index in [2.05, 4.69) is 22.0 Å². The summed E-state index contributed by atoms with van der Waals surface area (Å²) in [6.07, 6.45) is 7.34. The van der Waals surface area contributed by atoms with Crippen LogP contribution < -0.4 is 16.0 Å². The van der Waals surface area contributed by atoms with E-state index in [1.165, 1.54) is 18.4 Å². The molecule has 1 aliphatic carbocycles. The van der Waals surface area contributed by atoms with Crippen LogP contribution in [0.1, 0.15) is 38.5 Å². The lowest BCUT2D eigenvalue weighted by atomic mass is 9.99. The third kappa shape index (κ3) is 4.08. The topological polar surface area (TPSA) is 87.3 Å². The van der Waals surface area contributed by atoms with Crippen molar-refractivity contribution in [3.8, 4) is 0 Å². The lowest BCUT2D eigenvalue weighted by molar-refractivity contribution is -0.122. The number of carbonyl (C=O) groups is 3. The molecule has 6 nitrogen and oxygen atoms in total. The van der Waals surface area contributed by atoms with Crippen LogP contribution in [-0.2, 0) is 9.59 Å². The molecule has 1 atom stereocenters. The Kier molecular flexibility index (Phi) is 4.54. The molecule has 2 aliphatic rings. The van der Waals surface area contributed by atoms with E-state index >= 15 is 0 Å². The highest BCUT2D eigenvalue weighted by Crippen LogP contribution is 2.16. The molecule has 0 unspecified atom stereocenters. The van der Waals surface area contributed by atoms with Crippen LogP contribution >= 0.6 is 0 Å². The van der Waals surface area contributed by atoms with E-state index in [0.717, 1.165) is 12.8 Å². The molecule has 4 amide bonds. The zero-order valence-corrected chi connectivity index (χ0v) is 10.8. The molecule has 1 saturated heterocycles. The molecule has 0 bridgehead atoms. The summed E-state index contributed by atoms with van der Waals surface area (Å²) in [6.45, 7) is 0.599. The van der Waals surface area contributed by atoms with Gasteiger partial charge < -0.3 is 10.6 Å². The molecule has 0 aromatic carbocycles. The number of nitrogens with one attached hydrogen (secondary N) is 3. The predicted molar refractivity (Wildman–Crippen MR) is 69.3 cm³/mol. The Balaban J connectivity index is 1.66. The summed E-state index contributed by atoms with van der Waals surface area (Å²) >= 11 is 0. The zero-order valence-electron chi connectivity index (χ0n) is 10.8. The minimum atomic E-state index is -0.577.